The van der Waals surface area contributed by atoms with Gasteiger partial charge in [0.2, 0.25) is 5.89 Å². The van der Waals surface area contributed by atoms with Gasteiger partial charge in [-0.2, -0.15) is 26.3 Å². The number of oxazole rings is 1. The number of aryl methyl sites for hydroxylation is 1. The lowest BCUT2D eigenvalue weighted by atomic mass is 9.95. The van der Waals surface area contributed by atoms with Crippen molar-refractivity contribution in [3.8, 4) is 11.5 Å². The second kappa shape index (κ2) is 13.3. The number of hydrogen-bond acceptors (Lipinski definition) is 6. The van der Waals surface area contributed by atoms with E-state index in [0.29, 0.717) is 35.4 Å². The van der Waals surface area contributed by atoms with Crippen LogP contribution in [0.15, 0.2) is 52.9 Å². The molecule has 0 saturated heterocycles. The molecule has 1 N–H and O–H groups in total. The Balaban J connectivity index is 1.25. The van der Waals surface area contributed by atoms with E-state index in [0.717, 1.165) is 37.1 Å². The SMILES string of the molecule is Cc1oc(-c2ccc(C(F)(F)F)cc2)nc1COC1CCCC(OCC(OCc2ccc(C(F)(F)F)cc2)C(=O)O)C1. The van der Waals surface area contributed by atoms with Crippen LogP contribution in [-0.4, -0.2) is 41.0 Å². The molecule has 13 heteroatoms. The summed E-state index contributed by atoms with van der Waals surface area (Å²) >= 11 is 0. The Labute approximate surface area is 237 Å². The van der Waals surface area contributed by atoms with Crippen LogP contribution in [0.25, 0.3) is 11.5 Å². The monoisotopic (exact) mass is 601 g/mol. The molecule has 3 atom stereocenters. The molecule has 1 aliphatic carbocycles. The average Bonchev–Trinajstić information content (AvgIpc) is 3.31. The Bertz CT molecular complexity index is 1320. The maximum Gasteiger partial charge on any atom is 0.416 e. The van der Waals surface area contributed by atoms with Crippen LogP contribution in [-0.2, 0) is 44.6 Å². The maximum atomic E-state index is 12.8. The average molecular weight is 602 g/mol. The number of carbonyl (C=O) groups is 1. The van der Waals surface area contributed by atoms with Crippen LogP contribution in [0.3, 0.4) is 0 Å². The van der Waals surface area contributed by atoms with E-state index in [1.807, 2.05) is 0 Å². The zero-order chi connectivity index (χ0) is 30.5. The fourth-order valence-electron chi connectivity index (χ4n) is 4.49. The Morgan fingerprint density at radius 2 is 1.50 bits per heavy atom. The number of aliphatic carboxylic acids is 1. The van der Waals surface area contributed by atoms with Crippen molar-refractivity contribution < 1.29 is 54.9 Å². The van der Waals surface area contributed by atoms with E-state index >= 15 is 0 Å². The number of hydrogen-bond donors (Lipinski definition) is 1. The lowest BCUT2D eigenvalue weighted by Crippen LogP contribution is -2.34. The Morgan fingerprint density at radius 3 is 2.07 bits per heavy atom. The van der Waals surface area contributed by atoms with Crippen molar-refractivity contribution in [3.63, 3.8) is 0 Å². The van der Waals surface area contributed by atoms with Crippen LogP contribution in [0.4, 0.5) is 26.3 Å². The van der Waals surface area contributed by atoms with Gasteiger partial charge in [-0.1, -0.05) is 12.1 Å². The van der Waals surface area contributed by atoms with Crippen LogP contribution in [0.1, 0.15) is 53.8 Å². The molecule has 42 heavy (non-hydrogen) atoms. The predicted octanol–water partition coefficient (Wildman–Crippen LogP) is 7.20. The fraction of sp³-hybridized carbons (Fsp3) is 0.448. The van der Waals surface area contributed by atoms with Crippen molar-refractivity contribution in [1.29, 1.82) is 0 Å². The van der Waals surface area contributed by atoms with Crippen LogP contribution in [0.5, 0.6) is 0 Å². The zero-order valence-corrected chi connectivity index (χ0v) is 22.5. The highest BCUT2D eigenvalue weighted by molar-refractivity contribution is 5.72. The third-order valence-corrected chi connectivity index (χ3v) is 6.88. The van der Waals surface area contributed by atoms with Gasteiger partial charge in [-0.05, 0) is 74.6 Å². The van der Waals surface area contributed by atoms with E-state index in [4.69, 9.17) is 18.6 Å². The zero-order valence-electron chi connectivity index (χ0n) is 22.5. The van der Waals surface area contributed by atoms with E-state index in [9.17, 15) is 36.2 Å². The first-order valence-electron chi connectivity index (χ1n) is 13.2. The number of alkyl halides is 6. The van der Waals surface area contributed by atoms with Crippen molar-refractivity contribution in [2.24, 2.45) is 0 Å². The van der Waals surface area contributed by atoms with Crippen molar-refractivity contribution in [2.45, 2.75) is 76.5 Å². The Kier molecular flexibility index (Phi) is 9.95. The minimum Gasteiger partial charge on any atom is -0.479 e. The number of ether oxygens (including phenoxy) is 3. The van der Waals surface area contributed by atoms with Crippen LogP contribution >= 0.6 is 0 Å². The van der Waals surface area contributed by atoms with Crippen LogP contribution in [0, 0.1) is 6.92 Å². The number of nitrogens with zero attached hydrogens (tertiary/aromatic N) is 1. The van der Waals surface area contributed by atoms with Gasteiger partial charge in [0, 0.05) is 5.56 Å². The summed E-state index contributed by atoms with van der Waals surface area (Å²) in [5.74, 6) is -0.598. The number of aromatic nitrogens is 1. The molecule has 1 saturated carbocycles. The van der Waals surface area contributed by atoms with Gasteiger partial charge in [-0.25, -0.2) is 9.78 Å². The summed E-state index contributed by atoms with van der Waals surface area (Å²) in [5, 5.41) is 9.51. The van der Waals surface area contributed by atoms with E-state index in [2.05, 4.69) is 4.98 Å². The van der Waals surface area contributed by atoms with Gasteiger partial charge in [0.05, 0.1) is 43.2 Å². The quantitative estimate of drug-likeness (QED) is 0.233. The van der Waals surface area contributed by atoms with Gasteiger partial charge >= 0.3 is 18.3 Å². The van der Waals surface area contributed by atoms with Crippen molar-refractivity contribution in [1.82, 2.24) is 4.98 Å². The smallest absolute Gasteiger partial charge is 0.416 e. The summed E-state index contributed by atoms with van der Waals surface area (Å²) in [6.45, 7) is 1.36. The Hall–Kier alpha value is -3.42. The minimum atomic E-state index is -4.47. The van der Waals surface area contributed by atoms with Gasteiger partial charge in [0.25, 0.3) is 0 Å². The summed E-state index contributed by atoms with van der Waals surface area (Å²) in [4.78, 5) is 16.0. The highest BCUT2D eigenvalue weighted by Crippen LogP contribution is 2.32. The van der Waals surface area contributed by atoms with Crippen molar-refractivity contribution in [3.05, 3.63) is 76.7 Å². The van der Waals surface area contributed by atoms with E-state index < -0.39 is 35.6 Å². The molecule has 0 spiro atoms. The van der Waals surface area contributed by atoms with Crippen LogP contribution < -0.4 is 0 Å². The van der Waals surface area contributed by atoms with Crippen molar-refractivity contribution >= 4 is 5.97 Å². The molecule has 0 radical (unpaired) electrons. The molecule has 0 aliphatic heterocycles. The highest BCUT2D eigenvalue weighted by Gasteiger charge is 2.31. The number of carboxylic acid groups (broad SMARTS) is 1. The molecule has 3 aromatic rings. The molecule has 7 nitrogen and oxygen atoms in total. The summed E-state index contributed by atoms with van der Waals surface area (Å²) in [6.07, 6.45) is -8.02. The molecule has 1 heterocycles. The standard InChI is InChI=1S/C29H29F6NO6/c1-17-24(36-26(42-17)19-7-11-21(12-8-19)29(33,34)35)15-39-22-3-2-4-23(13-22)40-16-25(27(37)38)41-14-18-5-9-20(10-6-18)28(30,31)32/h5-12,22-23,25H,2-4,13-16H2,1H3,(H,37,38). The number of rotatable bonds is 11. The molecule has 0 bridgehead atoms. The second-order valence-corrected chi connectivity index (χ2v) is 9.98. The molecule has 228 valence electrons. The molecular formula is C29H29F6NO6. The lowest BCUT2D eigenvalue weighted by molar-refractivity contribution is -0.159. The Morgan fingerprint density at radius 1 is 0.929 bits per heavy atom. The fourth-order valence-corrected chi connectivity index (χ4v) is 4.49. The van der Waals surface area contributed by atoms with Gasteiger partial charge < -0.3 is 23.7 Å². The first kappa shape index (κ1) is 31.5. The van der Waals surface area contributed by atoms with Gasteiger partial charge in [-0.15, -0.1) is 0 Å². The number of benzene rings is 2. The molecule has 4 rings (SSSR count). The number of carboxylic acids is 1. The molecule has 0 amide bonds. The normalized spacial score (nSPS) is 18.6. The first-order chi connectivity index (χ1) is 19.8. The predicted molar refractivity (Wildman–Crippen MR) is 136 cm³/mol. The second-order valence-electron chi connectivity index (χ2n) is 9.98. The lowest BCUT2D eigenvalue weighted by Gasteiger charge is -2.29. The third-order valence-electron chi connectivity index (χ3n) is 6.88. The minimum absolute atomic E-state index is 0.112. The highest BCUT2D eigenvalue weighted by atomic mass is 19.4. The molecular weight excluding hydrogens is 572 g/mol. The van der Waals surface area contributed by atoms with Crippen LogP contribution in [0.2, 0.25) is 0 Å². The van der Waals surface area contributed by atoms with Gasteiger partial charge in [-0.3, -0.25) is 0 Å². The number of halogens is 6. The first-order valence-corrected chi connectivity index (χ1v) is 13.2. The van der Waals surface area contributed by atoms with Gasteiger partial charge in [0.15, 0.2) is 6.10 Å². The summed E-state index contributed by atoms with van der Waals surface area (Å²) < 4.78 is 99.5. The summed E-state index contributed by atoms with van der Waals surface area (Å²) in [6, 6.07) is 8.78. The summed E-state index contributed by atoms with van der Waals surface area (Å²) in [7, 11) is 0. The molecule has 3 unspecified atom stereocenters. The van der Waals surface area contributed by atoms with E-state index in [-0.39, 0.29) is 37.9 Å². The molecule has 1 aliphatic rings. The topological polar surface area (TPSA) is 91.0 Å². The van der Waals surface area contributed by atoms with Crippen molar-refractivity contribution in [2.75, 3.05) is 6.61 Å². The third kappa shape index (κ3) is 8.55. The summed E-state index contributed by atoms with van der Waals surface area (Å²) in [5.41, 5.74) is -0.276. The molecule has 2 aromatic carbocycles. The maximum absolute atomic E-state index is 12.8. The largest absolute Gasteiger partial charge is 0.479 e. The molecule has 1 aromatic heterocycles. The molecule has 1 fully saturated rings. The van der Waals surface area contributed by atoms with E-state index in [1.165, 1.54) is 24.3 Å². The van der Waals surface area contributed by atoms with E-state index in [1.54, 1.807) is 6.92 Å². The van der Waals surface area contributed by atoms with Gasteiger partial charge in [0.1, 0.15) is 11.5 Å².